The van der Waals surface area contributed by atoms with Crippen LogP contribution in [0, 0.1) is 23.7 Å². The van der Waals surface area contributed by atoms with Crippen LogP contribution < -0.4 is 5.32 Å². The summed E-state index contributed by atoms with van der Waals surface area (Å²) in [4.78, 5) is 24.2. The predicted molar refractivity (Wildman–Crippen MR) is 69.3 cm³/mol. The molecule has 0 radical (unpaired) electrons. The van der Waals surface area contributed by atoms with Crippen molar-refractivity contribution in [3.8, 4) is 0 Å². The average molecular weight is 256 g/mol. The first-order valence-corrected chi connectivity index (χ1v) is 6.58. The fourth-order valence-electron chi connectivity index (χ4n) is 1.79. The van der Waals surface area contributed by atoms with E-state index < -0.39 is 5.97 Å². The van der Waals surface area contributed by atoms with Gasteiger partial charge in [0, 0.05) is 25.6 Å². The Balaban J connectivity index is 2.25. The summed E-state index contributed by atoms with van der Waals surface area (Å²) in [6.45, 7) is 9.84. The summed E-state index contributed by atoms with van der Waals surface area (Å²) < 4.78 is 0. The van der Waals surface area contributed by atoms with Crippen molar-refractivity contribution < 1.29 is 14.7 Å². The van der Waals surface area contributed by atoms with E-state index in [4.69, 9.17) is 5.11 Å². The standard InChI is InChI=1S/C13H24N2O3/c1-8(2)9(3)5-14-13(18)15-6-11(7-15)10(4)12(16)17/h8-11H,5-7H2,1-4H3,(H,14,18)(H,16,17). The molecule has 5 nitrogen and oxygen atoms in total. The van der Waals surface area contributed by atoms with Gasteiger partial charge in [-0.2, -0.15) is 0 Å². The summed E-state index contributed by atoms with van der Waals surface area (Å²) in [5.41, 5.74) is 0. The van der Waals surface area contributed by atoms with Gasteiger partial charge < -0.3 is 15.3 Å². The van der Waals surface area contributed by atoms with Gasteiger partial charge in [0.25, 0.3) is 0 Å². The molecule has 0 saturated carbocycles. The van der Waals surface area contributed by atoms with Gasteiger partial charge in [0.15, 0.2) is 0 Å². The van der Waals surface area contributed by atoms with E-state index in [-0.39, 0.29) is 17.9 Å². The normalized spacial score (nSPS) is 19.3. The van der Waals surface area contributed by atoms with Gasteiger partial charge in [-0.1, -0.05) is 27.7 Å². The molecule has 0 aliphatic carbocycles. The predicted octanol–water partition coefficient (Wildman–Crippen LogP) is 1.64. The lowest BCUT2D eigenvalue weighted by Crippen LogP contribution is -2.56. The van der Waals surface area contributed by atoms with Crippen LogP contribution in [0.15, 0.2) is 0 Å². The van der Waals surface area contributed by atoms with Crippen LogP contribution in [0.3, 0.4) is 0 Å². The van der Waals surface area contributed by atoms with Crippen molar-refractivity contribution in [2.24, 2.45) is 23.7 Å². The van der Waals surface area contributed by atoms with Gasteiger partial charge in [-0.05, 0) is 11.8 Å². The minimum atomic E-state index is -0.784. The highest BCUT2D eigenvalue weighted by atomic mass is 16.4. The van der Waals surface area contributed by atoms with Crippen molar-refractivity contribution >= 4 is 12.0 Å². The SMILES string of the molecule is CC(C)C(C)CNC(=O)N1CC(C(C)C(=O)O)C1. The molecule has 5 heteroatoms. The number of carbonyl (C=O) groups is 2. The molecule has 1 rings (SSSR count). The van der Waals surface area contributed by atoms with Gasteiger partial charge in [-0.25, -0.2) is 4.79 Å². The first kappa shape index (κ1) is 14.8. The maximum absolute atomic E-state index is 11.8. The Kier molecular flexibility index (Phi) is 4.99. The zero-order valence-corrected chi connectivity index (χ0v) is 11.6. The molecular formula is C13H24N2O3. The molecular weight excluding hydrogens is 232 g/mol. The lowest BCUT2D eigenvalue weighted by Gasteiger charge is -2.41. The number of carbonyl (C=O) groups excluding carboxylic acids is 1. The molecule has 1 saturated heterocycles. The van der Waals surface area contributed by atoms with Crippen molar-refractivity contribution in [3.05, 3.63) is 0 Å². The maximum Gasteiger partial charge on any atom is 0.317 e. The zero-order chi connectivity index (χ0) is 13.9. The number of rotatable bonds is 5. The molecule has 0 aromatic carbocycles. The molecule has 1 heterocycles. The molecule has 2 atom stereocenters. The molecule has 0 aromatic heterocycles. The molecule has 1 aliphatic rings. The van der Waals surface area contributed by atoms with Gasteiger partial charge in [0.1, 0.15) is 0 Å². The van der Waals surface area contributed by atoms with E-state index in [1.165, 1.54) is 0 Å². The molecule has 104 valence electrons. The van der Waals surface area contributed by atoms with Gasteiger partial charge in [-0.3, -0.25) is 4.79 Å². The molecule has 18 heavy (non-hydrogen) atoms. The van der Waals surface area contributed by atoms with Crippen molar-refractivity contribution in [2.75, 3.05) is 19.6 Å². The number of nitrogens with one attached hydrogen (secondary N) is 1. The number of aliphatic carboxylic acids is 1. The molecule has 0 aromatic rings. The first-order chi connectivity index (χ1) is 8.32. The number of carboxylic acid groups (broad SMARTS) is 1. The van der Waals surface area contributed by atoms with E-state index in [9.17, 15) is 9.59 Å². The number of hydrogen-bond acceptors (Lipinski definition) is 2. The third-order valence-corrected chi connectivity index (χ3v) is 4.01. The molecule has 2 unspecified atom stereocenters. The maximum atomic E-state index is 11.8. The summed E-state index contributed by atoms with van der Waals surface area (Å²) in [5.74, 6) is -0.0710. The Morgan fingerprint density at radius 2 is 1.83 bits per heavy atom. The molecule has 2 N–H and O–H groups in total. The highest BCUT2D eigenvalue weighted by molar-refractivity contribution is 5.76. The number of urea groups is 1. The van der Waals surface area contributed by atoms with E-state index >= 15 is 0 Å². The summed E-state index contributed by atoms with van der Waals surface area (Å²) in [6.07, 6.45) is 0. The largest absolute Gasteiger partial charge is 0.481 e. The van der Waals surface area contributed by atoms with Crippen LogP contribution in [0.2, 0.25) is 0 Å². The number of hydrogen-bond donors (Lipinski definition) is 2. The van der Waals surface area contributed by atoms with E-state index in [1.807, 2.05) is 0 Å². The monoisotopic (exact) mass is 256 g/mol. The molecule has 0 spiro atoms. The summed E-state index contributed by atoms with van der Waals surface area (Å²) >= 11 is 0. The smallest absolute Gasteiger partial charge is 0.317 e. The summed E-state index contributed by atoms with van der Waals surface area (Å²) in [6, 6.07) is -0.0728. The highest BCUT2D eigenvalue weighted by Gasteiger charge is 2.37. The Morgan fingerprint density at radius 1 is 1.28 bits per heavy atom. The topological polar surface area (TPSA) is 69.6 Å². The van der Waals surface area contributed by atoms with Crippen LogP contribution in [-0.4, -0.2) is 41.6 Å². The van der Waals surface area contributed by atoms with E-state index in [0.29, 0.717) is 31.5 Å². The third-order valence-electron chi connectivity index (χ3n) is 4.01. The molecule has 1 aliphatic heterocycles. The fraction of sp³-hybridized carbons (Fsp3) is 0.846. The molecule has 1 fully saturated rings. The second-order valence-corrected chi connectivity index (χ2v) is 5.70. The minimum Gasteiger partial charge on any atom is -0.481 e. The van der Waals surface area contributed by atoms with Crippen LogP contribution in [0.25, 0.3) is 0 Å². The summed E-state index contributed by atoms with van der Waals surface area (Å²) in [5, 5.41) is 11.8. The van der Waals surface area contributed by atoms with Gasteiger partial charge >= 0.3 is 12.0 Å². The minimum absolute atomic E-state index is 0.0728. The Hall–Kier alpha value is -1.26. The zero-order valence-electron chi connectivity index (χ0n) is 11.6. The van der Waals surface area contributed by atoms with Gasteiger partial charge in [-0.15, -0.1) is 0 Å². The van der Waals surface area contributed by atoms with Crippen LogP contribution in [-0.2, 0) is 4.79 Å². The highest BCUT2D eigenvalue weighted by Crippen LogP contribution is 2.23. The molecule has 0 bridgehead atoms. The van der Waals surface area contributed by atoms with Crippen molar-refractivity contribution in [2.45, 2.75) is 27.7 Å². The van der Waals surface area contributed by atoms with Crippen molar-refractivity contribution in [3.63, 3.8) is 0 Å². The lowest BCUT2D eigenvalue weighted by atomic mass is 9.87. The quantitative estimate of drug-likeness (QED) is 0.785. The Morgan fingerprint density at radius 3 is 2.28 bits per heavy atom. The van der Waals surface area contributed by atoms with Crippen LogP contribution in [0.4, 0.5) is 4.79 Å². The van der Waals surface area contributed by atoms with Crippen LogP contribution in [0.5, 0.6) is 0 Å². The lowest BCUT2D eigenvalue weighted by molar-refractivity contribution is -0.144. The fourth-order valence-corrected chi connectivity index (χ4v) is 1.79. The Labute approximate surface area is 109 Å². The number of carboxylic acids is 1. The Bertz CT molecular complexity index is 311. The van der Waals surface area contributed by atoms with Crippen LogP contribution in [0.1, 0.15) is 27.7 Å². The van der Waals surface area contributed by atoms with Gasteiger partial charge in [0.05, 0.1) is 5.92 Å². The van der Waals surface area contributed by atoms with Crippen molar-refractivity contribution in [1.82, 2.24) is 10.2 Å². The van der Waals surface area contributed by atoms with E-state index in [2.05, 4.69) is 26.1 Å². The second kappa shape index (κ2) is 6.07. The number of nitrogens with zero attached hydrogens (tertiary/aromatic N) is 1. The van der Waals surface area contributed by atoms with Crippen molar-refractivity contribution in [1.29, 1.82) is 0 Å². The second-order valence-electron chi connectivity index (χ2n) is 5.70. The van der Waals surface area contributed by atoms with Gasteiger partial charge in [0.2, 0.25) is 0 Å². The number of amides is 2. The average Bonchev–Trinajstić information content (AvgIpc) is 2.23. The van der Waals surface area contributed by atoms with Crippen LogP contribution >= 0.6 is 0 Å². The van der Waals surface area contributed by atoms with E-state index in [1.54, 1.807) is 11.8 Å². The summed E-state index contributed by atoms with van der Waals surface area (Å²) in [7, 11) is 0. The molecule has 2 amide bonds. The van der Waals surface area contributed by atoms with E-state index in [0.717, 1.165) is 0 Å². The third kappa shape index (κ3) is 3.62. The first-order valence-electron chi connectivity index (χ1n) is 6.58. The number of likely N-dealkylation sites (tertiary alicyclic amines) is 1.